The van der Waals surface area contributed by atoms with Gasteiger partial charge < -0.3 is 5.32 Å². The molecule has 25 heavy (non-hydrogen) atoms. The summed E-state index contributed by atoms with van der Waals surface area (Å²) >= 11 is 0. The third-order valence-corrected chi connectivity index (χ3v) is 4.72. The van der Waals surface area contributed by atoms with Gasteiger partial charge >= 0.3 is 0 Å². The number of rotatable bonds is 7. The van der Waals surface area contributed by atoms with Crippen molar-refractivity contribution in [3.63, 3.8) is 0 Å². The van der Waals surface area contributed by atoms with E-state index in [2.05, 4.69) is 19.2 Å². The van der Waals surface area contributed by atoms with Gasteiger partial charge in [-0.15, -0.1) is 0 Å². The van der Waals surface area contributed by atoms with Gasteiger partial charge in [-0.25, -0.2) is 8.42 Å². The molecule has 4 nitrogen and oxygen atoms in total. The number of carbonyl (C=O) groups excluding carboxylic acids is 1. The monoisotopic (exact) mass is 359 g/mol. The van der Waals surface area contributed by atoms with Crippen LogP contribution in [-0.2, 0) is 15.6 Å². The van der Waals surface area contributed by atoms with Gasteiger partial charge in [0.25, 0.3) is 5.91 Å². The molecule has 1 amide bonds. The summed E-state index contributed by atoms with van der Waals surface area (Å²) in [6, 6.07) is 16.6. The molecule has 1 N–H and O–H groups in total. The standard InChI is InChI=1S/C20H25NO3S/c1-15(2)13-19(17-7-5-4-6-8-17)21-20(22)18-11-9-16(10-12-18)14-25(3,23)24/h4-12,15,19H,13-14H2,1-3H3,(H,21,22)/t19-/m0/s1. The van der Waals surface area contributed by atoms with Crippen LogP contribution >= 0.6 is 0 Å². The number of amides is 1. The van der Waals surface area contributed by atoms with E-state index in [0.717, 1.165) is 12.0 Å². The maximum atomic E-state index is 12.6. The van der Waals surface area contributed by atoms with Crippen LogP contribution in [0, 0.1) is 5.92 Å². The van der Waals surface area contributed by atoms with Crippen molar-refractivity contribution < 1.29 is 13.2 Å². The van der Waals surface area contributed by atoms with E-state index in [1.807, 2.05) is 30.3 Å². The van der Waals surface area contributed by atoms with Crippen molar-refractivity contribution in [2.45, 2.75) is 32.1 Å². The Morgan fingerprint density at radius 2 is 1.60 bits per heavy atom. The quantitative estimate of drug-likeness (QED) is 0.819. The lowest BCUT2D eigenvalue weighted by Crippen LogP contribution is -2.29. The molecule has 0 radical (unpaired) electrons. The zero-order chi connectivity index (χ0) is 18.4. The molecule has 2 rings (SSSR count). The molecule has 0 aromatic heterocycles. The molecule has 0 unspecified atom stereocenters. The number of nitrogens with one attached hydrogen (secondary N) is 1. The largest absolute Gasteiger partial charge is 0.345 e. The summed E-state index contributed by atoms with van der Waals surface area (Å²) in [5, 5.41) is 3.09. The smallest absolute Gasteiger partial charge is 0.251 e. The van der Waals surface area contributed by atoms with E-state index in [1.54, 1.807) is 24.3 Å². The summed E-state index contributed by atoms with van der Waals surface area (Å²) in [5.41, 5.74) is 2.29. The van der Waals surface area contributed by atoms with Crippen LogP contribution in [0.3, 0.4) is 0 Å². The van der Waals surface area contributed by atoms with Gasteiger partial charge in [-0.1, -0.05) is 56.3 Å². The van der Waals surface area contributed by atoms with E-state index in [-0.39, 0.29) is 17.7 Å². The van der Waals surface area contributed by atoms with Gasteiger partial charge in [0, 0.05) is 11.8 Å². The highest BCUT2D eigenvalue weighted by atomic mass is 32.2. The van der Waals surface area contributed by atoms with Crippen molar-refractivity contribution in [2.75, 3.05) is 6.26 Å². The van der Waals surface area contributed by atoms with Gasteiger partial charge in [0.05, 0.1) is 11.8 Å². The zero-order valence-corrected chi connectivity index (χ0v) is 15.7. The maximum Gasteiger partial charge on any atom is 0.251 e. The van der Waals surface area contributed by atoms with E-state index in [4.69, 9.17) is 0 Å². The predicted molar refractivity (Wildman–Crippen MR) is 101 cm³/mol. The van der Waals surface area contributed by atoms with Crippen molar-refractivity contribution in [3.8, 4) is 0 Å². The Labute approximate surface area is 150 Å². The Bertz CT molecular complexity index is 797. The fraction of sp³-hybridized carbons (Fsp3) is 0.350. The molecule has 134 valence electrons. The molecular weight excluding hydrogens is 334 g/mol. The molecule has 1 atom stereocenters. The molecule has 0 aliphatic rings. The normalized spacial score (nSPS) is 12.8. The molecule has 0 saturated carbocycles. The van der Waals surface area contributed by atoms with Gasteiger partial charge in [-0.05, 0) is 35.6 Å². The Morgan fingerprint density at radius 3 is 2.12 bits per heavy atom. The fourth-order valence-corrected chi connectivity index (χ4v) is 3.53. The number of hydrogen-bond donors (Lipinski definition) is 1. The van der Waals surface area contributed by atoms with Crippen molar-refractivity contribution >= 4 is 15.7 Å². The second-order valence-corrected chi connectivity index (χ2v) is 8.97. The maximum absolute atomic E-state index is 12.6. The minimum atomic E-state index is -3.08. The fourth-order valence-electron chi connectivity index (χ4n) is 2.73. The number of sulfone groups is 1. The summed E-state index contributed by atoms with van der Waals surface area (Å²) in [7, 11) is -3.08. The van der Waals surface area contributed by atoms with Crippen LogP contribution in [0.25, 0.3) is 0 Å². The number of benzene rings is 2. The van der Waals surface area contributed by atoms with Crippen LogP contribution < -0.4 is 5.32 Å². The van der Waals surface area contributed by atoms with Gasteiger partial charge in [-0.2, -0.15) is 0 Å². The minimum Gasteiger partial charge on any atom is -0.345 e. The SMILES string of the molecule is CC(C)C[C@H](NC(=O)c1ccc(CS(C)(=O)=O)cc1)c1ccccc1. The molecule has 0 heterocycles. The van der Waals surface area contributed by atoms with E-state index < -0.39 is 9.84 Å². The van der Waals surface area contributed by atoms with Gasteiger partial charge in [0.1, 0.15) is 0 Å². The number of hydrogen-bond acceptors (Lipinski definition) is 3. The van der Waals surface area contributed by atoms with Crippen LogP contribution in [-0.4, -0.2) is 20.6 Å². The van der Waals surface area contributed by atoms with E-state index in [1.165, 1.54) is 6.26 Å². The molecule has 2 aromatic rings. The van der Waals surface area contributed by atoms with Crippen molar-refractivity contribution in [2.24, 2.45) is 5.92 Å². The Balaban J connectivity index is 2.12. The summed E-state index contributed by atoms with van der Waals surface area (Å²) in [5.74, 6) is 0.276. The second kappa shape index (κ2) is 8.30. The van der Waals surface area contributed by atoms with Crippen LogP contribution in [0.1, 0.15) is 47.8 Å². The highest BCUT2D eigenvalue weighted by Gasteiger charge is 2.17. The van der Waals surface area contributed by atoms with Gasteiger partial charge in [0.15, 0.2) is 9.84 Å². The molecule has 0 saturated heterocycles. The Hall–Kier alpha value is -2.14. The summed E-state index contributed by atoms with van der Waals surface area (Å²) in [4.78, 5) is 12.6. The van der Waals surface area contributed by atoms with Crippen molar-refractivity contribution in [3.05, 3.63) is 71.3 Å². The van der Waals surface area contributed by atoms with Gasteiger partial charge in [-0.3, -0.25) is 4.79 Å². The predicted octanol–water partition coefficient (Wildman–Crippen LogP) is 3.75. The first-order valence-electron chi connectivity index (χ1n) is 8.37. The Kier molecular flexibility index (Phi) is 6.37. The van der Waals surface area contributed by atoms with Crippen LogP contribution in [0.2, 0.25) is 0 Å². The van der Waals surface area contributed by atoms with Crippen LogP contribution in [0.4, 0.5) is 0 Å². The van der Waals surface area contributed by atoms with Crippen molar-refractivity contribution in [1.29, 1.82) is 0 Å². The average molecular weight is 359 g/mol. The minimum absolute atomic E-state index is 0.0190. The molecule has 0 aliphatic heterocycles. The van der Waals surface area contributed by atoms with Crippen LogP contribution in [0.15, 0.2) is 54.6 Å². The number of carbonyl (C=O) groups is 1. The van der Waals surface area contributed by atoms with Crippen molar-refractivity contribution in [1.82, 2.24) is 5.32 Å². The first-order valence-corrected chi connectivity index (χ1v) is 10.4. The first kappa shape index (κ1) is 19.2. The highest BCUT2D eigenvalue weighted by Crippen LogP contribution is 2.21. The third-order valence-electron chi connectivity index (χ3n) is 3.86. The van der Waals surface area contributed by atoms with Crippen LogP contribution in [0.5, 0.6) is 0 Å². The summed E-state index contributed by atoms with van der Waals surface area (Å²) in [6.45, 7) is 4.25. The third kappa shape index (κ3) is 6.35. The lowest BCUT2D eigenvalue weighted by atomic mass is 9.96. The Morgan fingerprint density at radius 1 is 1.00 bits per heavy atom. The van der Waals surface area contributed by atoms with Gasteiger partial charge in [0.2, 0.25) is 0 Å². The average Bonchev–Trinajstić information content (AvgIpc) is 2.54. The van der Waals surface area contributed by atoms with E-state index in [9.17, 15) is 13.2 Å². The van der Waals surface area contributed by atoms with E-state index >= 15 is 0 Å². The summed E-state index contributed by atoms with van der Waals surface area (Å²) in [6.07, 6.45) is 2.05. The molecule has 0 spiro atoms. The second-order valence-electron chi connectivity index (χ2n) is 6.83. The molecule has 5 heteroatoms. The first-order chi connectivity index (χ1) is 11.7. The molecular formula is C20H25NO3S. The van der Waals surface area contributed by atoms with E-state index in [0.29, 0.717) is 17.0 Å². The summed E-state index contributed by atoms with van der Waals surface area (Å²) < 4.78 is 22.7. The molecule has 0 aliphatic carbocycles. The molecule has 0 fully saturated rings. The molecule has 2 aromatic carbocycles. The molecule has 0 bridgehead atoms. The topological polar surface area (TPSA) is 63.2 Å². The lowest BCUT2D eigenvalue weighted by molar-refractivity contribution is 0.0932. The lowest BCUT2D eigenvalue weighted by Gasteiger charge is -2.21. The highest BCUT2D eigenvalue weighted by molar-refractivity contribution is 7.89. The zero-order valence-electron chi connectivity index (χ0n) is 14.9.